The van der Waals surface area contributed by atoms with Gasteiger partial charge >= 0.3 is 0 Å². The van der Waals surface area contributed by atoms with Gasteiger partial charge in [-0.25, -0.2) is 29.9 Å². The van der Waals surface area contributed by atoms with Crippen molar-refractivity contribution in [2.24, 2.45) is 0 Å². The van der Waals surface area contributed by atoms with E-state index in [0.29, 0.717) is 34.9 Å². The molecule has 4 unspecified atom stereocenters. The number of fused-ring (bicyclic) bond motifs is 14. The van der Waals surface area contributed by atoms with Crippen molar-refractivity contribution in [3.05, 3.63) is 507 Å². The lowest BCUT2D eigenvalue weighted by molar-refractivity contribution is 0.224. The normalized spacial score (nSPS) is 14.5. The number of hydrogen-bond donors (Lipinski definition) is 0. The second kappa shape index (κ2) is 34.5. The molecule has 2 aliphatic carbocycles. The number of ether oxygens (including phenoxy) is 2. The maximum Gasteiger partial charge on any atom is 0.164 e. The van der Waals surface area contributed by atoms with Gasteiger partial charge in [0.2, 0.25) is 0 Å². The first-order valence-corrected chi connectivity index (χ1v) is 46.3. The third kappa shape index (κ3) is 14.8. The zero-order chi connectivity index (χ0) is 89.9. The lowest BCUT2D eigenvalue weighted by Crippen LogP contribution is -2.14. The van der Waals surface area contributed by atoms with Gasteiger partial charge in [0.25, 0.3) is 0 Å². The number of hydrogen-bond acceptors (Lipinski definition) is 8. The fourth-order valence-electron chi connectivity index (χ4n) is 20.4. The third-order valence-electron chi connectivity index (χ3n) is 26.9. The molecular formula is C126H84N8O2. The van der Waals surface area contributed by atoms with Crippen LogP contribution in [0.2, 0.25) is 0 Å². The SMILES string of the molecule is C1=CC2c3c(cccc3-c3nc(-c4ccc(-c5ccccc5)cc4)nc(-c4ccc(-c5ccccc5)cc4)n3)OC2c2c1n(-c1cccc(-c3ccc(-c4ccccc4)cc3)c1)c1ccccc21.C1=CC2c3c(cccc3-c3nc(-c4cccc(-c5ccccc5)c4)nc(-c4cccc(-c5ccccc5)c4)n3)OC2c2c1n(-c1cccc(-c3ccc(-c4ccccc4)cc3)c1)c1ccccc21. The highest BCUT2D eigenvalue weighted by Gasteiger charge is 2.44. The molecule has 4 aliphatic rings. The molecule has 2 aliphatic heterocycles. The van der Waals surface area contributed by atoms with Gasteiger partial charge in [-0.1, -0.05) is 413 Å². The van der Waals surface area contributed by atoms with Gasteiger partial charge in [-0.3, -0.25) is 0 Å². The molecule has 136 heavy (non-hydrogen) atoms. The van der Waals surface area contributed by atoms with Crippen LogP contribution in [0, 0.1) is 0 Å². The summed E-state index contributed by atoms with van der Waals surface area (Å²) in [5.41, 5.74) is 35.4. The Balaban J connectivity index is 0.000000145. The monoisotopic (exact) mass is 1740 g/mol. The van der Waals surface area contributed by atoms with Crippen LogP contribution in [-0.4, -0.2) is 39.0 Å². The summed E-state index contributed by atoms with van der Waals surface area (Å²) >= 11 is 0. The average molecular weight is 1740 g/mol. The average Bonchev–Trinajstić information content (AvgIpc) is 1.56. The molecule has 0 saturated carbocycles. The van der Waals surface area contributed by atoms with Crippen molar-refractivity contribution < 1.29 is 9.47 Å². The van der Waals surface area contributed by atoms with Crippen LogP contribution in [0.4, 0.5) is 0 Å². The van der Waals surface area contributed by atoms with Crippen LogP contribution in [0.15, 0.2) is 473 Å². The summed E-state index contributed by atoms with van der Waals surface area (Å²) in [6.07, 6.45) is 8.72. The number of aromatic nitrogens is 8. The molecule has 0 fully saturated rings. The van der Waals surface area contributed by atoms with Gasteiger partial charge in [0.15, 0.2) is 34.9 Å². The van der Waals surface area contributed by atoms with Crippen LogP contribution in [0.3, 0.4) is 0 Å². The second-order valence-electron chi connectivity index (χ2n) is 35.0. The molecule has 4 atom stereocenters. The van der Waals surface area contributed by atoms with E-state index in [1.165, 1.54) is 55.3 Å². The van der Waals surface area contributed by atoms with Crippen molar-refractivity contribution >= 4 is 34.0 Å². The van der Waals surface area contributed by atoms with E-state index in [4.69, 9.17) is 39.4 Å². The fraction of sp³-hybridized carbons (Fsp3) is 0.0317. The van der Waals surface area contributed by atoms with E-state index in [1.807, 2.05) is 24.3 Å². The smallest absolute Gasteiger partial charge is 0.164 e. The molecule has 0 amide bonds. The summed E-state index contributed by atoms with van der Waals surface area (Å²) in [6, 6.07) is 162. The van der Waals surface area contributed by atoms with E-state index in [0.717, 1.165) is 145 Å². The van der Waals surface area contributed by atoms with Gasteiger partial charge in [-0.2, -0.15) is 0 Å². The molecule has 22 aromatic rings. The largest absolute Gasteiger partial charge is 0.484 e. The summed E-state index contributed by atoms with van der Waals surface area (Å²) < 4.78 is 19.0. The van der Waals surface area contributed by atoms with E-state index in [2.05, 4.69) is 470 Å². The van der Waals surface area contributed by atoms with E-state index < -0.39 is 0 Å². The molecule has 26 rings (SSSR count). The molecule has 0 radical (unpaired) electrons. The van der Waals surface area contributed by atoms with Crippen molar-refractivity contribution in [3.8, 4) is 180 Å². The van der Waals surface area contributed by atoms with Crippen molar-refractivity contribution in [1.29, 1.82) is 0 Å². The van der Waals surface area contributed by atoms with Crippen LogP contribution >= 0.6 is 0 Å². The van der Waals surface area contributed by atoms with Gasteiger partial charge in [0.1, 0.15) is 23.7 Å². The Bertz CT molecular complexity index is 8170. The maximum absolute atomic E-state index is 7.12. The fourth-order valence-corrected chi connectivity index (χ4v) is 20.4. The Morgan fingerprint density at radius 3 is 0.765 bits per heavy atom. The Hall–Kier alpha value is -17.9. The molecule has 0 spiro atoms. The summed E-state index contributed by atoms with van der Waals surface area (Å²) in [4.78, 5) is 31.5. The summed E-state index contributed by atoms with van der Waals surface area (Å²) in [6.45, 7) is 0. The van der Waals surface area contributed by atoms with Gasteiger partial charge in [0, 0.05) is 89.6 Å². The third-order valence-corrected chi connectivity index (χ3v) is 26.9. The molecule has 4 aromatic heterocycles. The predicted octanol–water partition coefficient (Wildman–Crippen LogP) is 31.5. The first-order chi connectivity index (χ1) is 67.4. The molecular weight excluding hydrogens is 1660 g/mol. The van der Waals surface area contributed by atoms with Crippen LogP contribution in [0.5, 0.6) is 11.5 Å². The zero-order valence-corrected chi connectivity index (χ0v) is 73.9. The van der Waals surface area contributed by atoms with Crippen LogP contribution in [0.25, 0.3) is 203 Å². The van der Waals surface area contributed by atoms with Gasteiger partial charge in [-0.15, -0.1) is 0 Å². The molecule has 10 heteroatoms. The predicted molar refractivity (Wildman–Crippen MR) is 553 cm³/mol. The summed E-state index contributed by atoms with van der Waals surface area (Å²) in [5, 5.41) is 2.35. The zero-order valence-electron chi connectivity index (χ0n) is 73.9. The topological polar surface area (TPSA) is 106 Å². The summed E-state index contributed by atoms with van der Waals surface area (Å²) in [7, 11) is 0. The molecule has 0 N–H and O–H groups in total. The van der Waals surface area contributed by atoms with Crippen LogP contribution in [-0.2, 0) is 0 Å². The molecule has 6 heterocycles. The van der Waals surface area contributed by atoms with Gasteiger partial charge < -0.3 is 18.6 Å². The first-order valence-electron chi connectivity index (χ1n) is 46.3. The Morgan fingerprint density at radius 1 is 0.184 bits per heavy atom. The molecule has 640 valence electrons. The van der Waals surface area contributed by atoms with E-state index in [1.54, 1.807) is 0 Å². The van der Waals surface area contributed by atoms with Crippen molar-refractivity contribution in [2.45, 2.75) is 24.0 Å². The van der Waals surface area contributed by atoms with Crippen molar-refractivity contribution in [2.75, 3.05) is 0 Å². The van der Waals surface area contributed by atoms with E-state index >= 15 is 0 Å². The molecule has 0 saturated heterocycles. The standard InChI is InChI=1S/2C63H42N4O/c1-4-16-41(17-5-1)44-32-34-45(35-33-44)48-24-14-27-51(40-48)67-55-30-11-10-28-52(55)59-56(67)37-36-53-58-54(29-15-31-57(58)68-60(53)59)63-65-61(49-25-12-22-46(38-49)42-18-6-2-7-19-42)64-62(66-63)50-26-13-23-47(39-50)43-20-8-3-9-21-43;1-4-14-41(15-5-1)44-26-28-47(29-27-44)50-20-12-21-51(40-50)67-55-24-11-10-22-52(55)59-56(67)39-38-53-58-54(23-13-25-57(58)68-60(53)59)63-65-61(48-34-30-45(31-35-48)42-16-6-2-7-17-42)64-62(66-63)49-36-32-46(33-37-49)43-18-8-3-9-19-43/h2*1-40,53,60H. The Labute approximate surface area is 788 Å². The van der Waals surface area contributed by atoms with Crippen molar-refractivity contribution in [1.82, 2.24) is 39.0 Å². The number of nitrogens with zero attached hydrogens (tertiary/aromatic N) is 8. The minimum Gasteiger partial charge on any atom is -0.484 e. The first kappa shape index (κ1) is 80.2. The van der Waals surface area contributed by atoms with E-state index in [9.17, 15) is 0 Å². The van der Waals surface area contributed by atoms with Gasteiger partial charge in [-0.05, 0) is 162 Å². The highest BCUT2D eigenvalue weighted by Crippen LogP contribution is 2.58. The minimum absolute atomic E-state index is 0.0682. The number of benzene rings is 18. The number of rotatable bonds is 16. The van der Waals surface area contributed by atoms with E-state index in [-0.39, 0.29) is 24.0 Å². The molecule has 0 bridgehead atoms. The lowest BCUT2D eigenvalue weighted by atomic mass is 9.83. The highest BCUT2D eigenvalue weighted by atomic mass is 16.5. The lowest BCUT2D eigenvalue weighted by Gasteiger charge is -2.23. The number of para-hydroxylation sites is 2. The van der Waals surface area contributed by atoms with Crippen molar-refractivity contribution in [3.63, 3.8) is 0 Å². The Morgan fingerprint density at radius 2 is 0.426 bits per heavy atom. The van der Waals surface area contributed by atoms with Crippen LogP contribution < -0.4 is 9.47 Å². The quantitative estimate of drug-likeness (QED) is 0.0942. The van der Waals surface area contributed by atoms with Crippen LogP contribution in [0.1, 0.15) is 57.7 Å². The second-order valence-corrected chi connectivity index (χ2v) is 35.0. The molecule has 18 aromatic carbocycles. The highest BCUT2D eigenvalue weighted by molar-refractivity contribution is 5.95. The summed E-state index contributed by atoms with van der Waals surface area (Å²) in [5.74, 6) is 5.21. The molecule has 10 nitrogen and oxygen atoms in total. The van der Waals surface area contributed by atoms with Gasteiger partial charge in [0.05, 0.1) is 22.4 Å². The minimum atomic E-state index is -0.253. The maximum atomic E-state index is 7.12. The Kier molecular flexibility index (Phi) is 20.3.